The van der Waals surface area contributed by atoms with Crippen molar-refractivity contribution in [3.63, 3.8) is 0 Å². The maximum absolute atomic E-state index is 11.3. The number of hydrogen-bond acceptors (Lipinski definition) is 3. The molecule has 4 nitrogen and oxygen atoms in total. The van der Waals surface area contributed by atoms with E-state index >= 15 is 0 Å². The van der Waals surface area contributed by atoms with E-state index in [2.05, 4.69) is 0 Å². The van der Waals surface area contributed by atoms with Crippen molar-refractivity contribution in [2.75, 3.05) is 19.3 Å². The van der Waals surface area contributed by atoms with E-state index in [0.29, 0.717) is 13.1 Å². The summed E-state index contributed by atoms with van der Waals surface area (Å²) in [5, 5.41) is -0.877. The Balaban J connectivity index is 2.64. The second-order valence-electron chi connectivity index (χ2n) is 3.15. The van der Waals surface area contributed by atoms with Crippen molar-refractivity contribution in [3.8, 4) is 0 Å². The Morgan fingerprint density at radius 2 is 1.92 bits per heavy atom. The fourth-order valence-electron chi connectivity index (χ4n) is 0.977. The molecule has 5 heteroatoms. The van der Waals surface area contributed by atoms with E-state index in [4.69, 9.17) is 0 Å². The molecule has 0 spiro atoms. The molecule has 1 atom stereocenters. The Morgan fingerprint density at radius 1 is 1.42 bits per heavy atom. The van der Waals surface area contributed by atoms with Gasteiger partial charge < -0.3 is 4.90 Å². The smallest absolute Gasteiger partial charge is 0.240 e. The van der Waals surface area contributed by atoms with Crippen LogP contribution >= 0.6 is 0 Å². The molecule has 1 aliphatic rings. The first kappa shape index (κ1) is 9.51. The van der Waals surface area contributed by atoms with Crippen molar-refractivity contribution < 1.29 is 13.2 Å². The highest BCUT2D eigenvalue weighted by Crippen LogP contribution is 2.11. The number of rotatable bonds is 2. The molecule has 1 fully saturated rings. The average molecular weight is 191 g/mol. The predicted molar refractivity (Wildman–Crippen MR) is 45.5 cm³/mol. The Morgan fingerprint density at radius 3 is 2.17 bits per heavy atom. The second kappa shape index (κ2) is 3.05. The molecule has 1 rings (SSSR count). The van der Waals surface area contributed by atoms with Gasteiger partial charge in [-0.3, -0.25) is 4.79 Å². The van der Waals surface area contributed by atoms with E-state index < -0.39 is 15.1 Å². The predicted octanol–water partition coefficient (Wildman–Crippen LogP) is -0.348. The van der Waals surface area contributed by atoms with Crippen molar-refractivity contribution in [3.05, 3.63) is 0 Å². The van der Waals surface area contributed by atoms with Crippen molar-refractivity contribution in [1.29, 1.82) is 0 Å². The van der Waals surface area contributed by atoms with Gasteiger partial charge in [-0.1, -0.05) is 0 Å². The van der Waals surface area contributed by atoms with Gasteiger partial charge in [0.1, 0.15) is 5.25 Å². The Labute approximate surface area is 72.5 Å². The maximum atomic E-state index is 11.3. The molecule has 1 heterocycles. The van der Waals surface area contributed by atoms with Gasteiger partial charge in [0.15, 0.2) is 9.84 Å². The van der Waals surface area contributed by atoms with Gasteiger partial charge in [-0.25, -0.2) is 8.42 Å². The Bertz CT molecular complexity index is 279. The van der Waals surface area contributed by atoms with Crippen molar-refractivity contribution in [2.24, 2.45) is 0 Å². The summed E-state index contributed by atoms with van der Waals surface area (Å²) in [6, 6.07) is 0. The molecule has 0 radical (unpaired) electrons. The molecule has 1 unspecified atom stereocenters. The van der Waals surface area contributed by atoms with Gasteiger partial charge in [0.05, 0.1) is 0 Å². The van der Waals surface area contributed by atoms with Crippen LogP contribution in [-0.2, 0) is 14.6 Å². The molecule has 1 amide bonds. The molecule has 0 aliphatic carbocycles. The summed E-state index contributed by atoms with van der Waals surface area (Å²) in [5.41, 5.74) is 0. The van der Waals surface area contributed by atoms with Crippen molar-refractivity contribution >= 4 is 15.7 Å². The number of nitrogens with zero attached hydrogens (tertiary/aromatic N) is 1. The zero-order valence-electron chi connectivity index (χ0n) is 7.28. The lowest BCUT2D eigenvalue weighted by molar-refractivity contribution is -0.133. The normalized spacial score (nSPS) is 20.0. The Hall–Kier alpha value is -0.580. The summed E-state index contributed by atoms with van der Waals surface area (Å²) >= 11 is 0. The minimum absolute atomic E-state index is 0.260. The third-order valence-electron chi connectivity index (χ3n) is 2.16. The SMILES string of the molecule is CC(C(=O)N1CCC1)S(C)(=O)=O. The van der Waals surface area contributed by atoms with Crippen LogP contribution in [0.2, 0.25) is 0 Å². The summed E-state index contributed by atoms with van der Waals surface area (Å²) in [6.07, 6.45) is 2.08. The standard InChI is InChI=1S/C7H13NO3S/c1-6(12(2,10)11)7(9)8-4-3-5-8/h6H,3-5H2,1-2H3. The zero-order valence-corrected chi connectivity index (χ0v) is 8.10. The minimum atomic E-state index is -3.21. The fraction of sp³-hybridized carbons (Fsp3) is 0.857. The van der Waals surface area contributed by atoms with Crippen LogP contribution in [0, 0.1) is 0 Å². The van der Waals surface area contributed by atoms with E-state index in [0.717, 1.165) is 12.7 Å². The first-order valence-corrected chi connectivity index (χ1v) is 5.86. The van der Waals surface area contributed by atoms with Crippen LogP contribution in [0.1, 0.15) is 13.3 Å². The van der Waals surface area contributed by atoms with Gasteiger partial charge in [0, 0.05) is 19.3 Å². The van der Waals surface area contributed by atoms with Crippen LogP contribution in [-0.4, -0.2) is 43.8 Å². The molecular formula is C7H13NO3S. The number of carbonyl (C=O) groups excluding carboxylic acids is 1. The lowest BCUT2D eigenvalue weighted by Gasteiger charge is -2.32. The quantitative estimate of drug-likeness (QED) is 0.599. The third kappa shape index (κ3) is 1.77. The number of amides is 1. The topological polar surface area (TPSA) is 54.5 Å². The van der Waals surface area contributed by atoms with Crippen LogP contribution in [0.5, 0.6) is 0 Å². The van der Waals surface area contributed by atoms with Crippen LogP contribution in [0.15, 0.2) is 0 Å². The summed E-state index contributed by atoms with van der Waals surface area (Å²) in [7, 11) is -3.21. The summed E-state index contributed by atoms with van der Waals surface area (Å²) < 4.78 is 21.9. The summed E-state index contributed by atoms with van der Waals surface area (Å²) in [4.78, 5) is 12.9. The fourth-order valence-corrected chi connectivity index (χ4v) is 1.49. The lowest BCUT2D eigenvalue weighted by atomic mass is 10.2. The van der Waals surface area contributed by atoms with Gasteiger partial charge in [-0.15, -0.1) is 0 Å². The third-order valence-corrected chi connectivity index (χ3v) is 3.64. The van der Waals surface area contributed by atoms with Gasteiger partial charge in [-0.05, 0) is 13.3 Å². The molecule has 12 heavy (non-hydrogen) atoms. The average Bonchev–Trinajstić information content (AvgIpc) is 1.79. The van der Waals surface area contributed by atoms with E-state index in [9.17, 15) is 13.2 Å². The molecule has 0 bridgehead atoms. The molecule has 0 aromatic heterocycles. The van der Waals surface area contributed by atoms with E-state index in [1.807, 2.05) is 0 Å². The first-order chi connectivity index (χ1) is 5.43. The van der Waals surface area contributed by atoms with E-state index in [1.165, 1.54) is 6.92 Å². The van der Waals surface area contributed by atoms with Gasteiger partial charge in [0.25, 0.3) is 0 Å². The number of sulfone groups is 1. The molecule has 0 saturated carbocycles. The number of hydrogen-bond donors (Lipinski definition) is 0. The highest BCUT2D eigenvalue weighted by Gasteiger charge is 2.30. The molecule has 0 aromatic rings. The molecule has 1 aliphatic heterocycles. The maximum Gasteiger partial charge on any atom is 0.240 e. The molecule has 0 aromatic carbocycles. The highest BCUT2D eigenvalue weighted by atomic mass is 32.2. The Kier molecular flexibility index (Phi) is 2.41. The molecule has 70 valence electrons. The highest BCUT2D eigenvalue weighted by molar-refractivity contribution is 7.92. The second-order valence-corrected chi connectivity index (χ2v) is 5.52. The van der Waals surface area contributed by atoms with Crippen LogP contribution in [0.4, 0.5) is 0 Å². The van der Waals surface area contributed by atoms with Gasteiger partial charge in [-0.2, -0.15) is 0 Å². The molecule has 0 N–H and O–H groups in total. The lowest BCUT2D eigenvalue weighted by Crippen LogP contribution is -2.48. The molecule has 1 saturated heterocycles. The monoisotopic (exact) mass is 191 g/mol. The zero-order chi connectivity index (χ0) is 9.35. The van der Waals surface area contributed by atoms with Crippen molar-refractivity contribution in [2.45, 2.75) is 18.6 Å². The van der Waals surface area contributed by atoms with Crippen molar-refractivity contribution in [1.82, 2.24) is 4.90 Å². The van der Waals surface area contributed by atoms with Gasteiger partial charge in [0.2, 0.25) is 5.91 Å². The number of likely N-dealkylation sites (tertiary alicyclic amines) is 1. The van der Waals surface area contributed by atoms with E-state index in [-0.39, 0.29) is 5.91 Å². The minimum Gasteiger partial charge on any atom is -0.341 e. The summed E-state index contributed by atoms with van der Waals surface area (Å²) in [6.45, 7) is 2.85. The summed E-state index contributed by atoms with van der Waals surface area (Å²) in [5.74, 6) is -0.260. The van der Waals surface area contributed by atoms with E-state index in [1.54, 1.807) is 4.90 Å². The van der Waals surface area contributed by atoms with Crippen LogP contribution in [0.3, 0.4) is 0 Å². The first-order valence-electron chi connectivity index (χ1n) is 3.90. The number of carbonyl (C=O) groups is 1. The largest absolute Gasteiger partial charge is 0.341 e. The van der Waals surface area contributed by atoms with Gasteiger partial charge >= 0.3 is 0 Å². The molecular weight excluding hydrogens is 178 g/mol. The van der Waals surface area contributed by atoms with Crippen LogP contribution in [0.25, 0.3) is 0 Å². The van der Waals surface area contributed by atoms with Crippen LogP contribution < -0.4 is 0 Å².